The minimum Gasteiger partial charge on any atom is -0.480 e. The number of esters is 2. The third-order valence-electron chi connectivity index (χ3n) is 5.27. The Morgan fingerprint density at radius 2 is 1.41 bits per heavy atom. The Hall–Kier alpha value is -4.20. The number of carboxylic acid groups (broad SMARTS) is 2. The van der Waals surface area contributed by atoms with Crippen molar-refractivity contribution in [3.05, 3.63) is 81.0 Å². The lowest BCUT2D eigenvalue weighted by Gasteiger charge is -2.19. The molecule has 0 aliphatic heterocycles. The van der Waals surface area contributed by atoms with Gasteiger partial charge in [0.2, 0.25) is 0 Å². The Morgan fingerprint density at radius 1 is 0.818 bits per heavy atom. The first-order valence-corrected chi connectivity index (χ1v) is 15.3. The predicted octanol–water partition coefficient (Wildman–Crippen LogP) is 7.26. The maximum atomic E-state index is 12.1. The van der Waals surface area contributed by atoms with Crippen molar-refractivity contribution in [3.63, 3.8) is 0 Å². The largest absolute Gasteiger partial charge is 0.480 e. The highest BCUT2D eigenvalue weighted by Gasteiger charge is 2.26. The summed E-state index contributed by atoms with van der Waals surface area (Å²) in [4.78, 5) is 47.4. The molecule has 4 aromatic rings. The fourth-order valence-electron chi connectivity index (χ4n) is 3.54. The average molecular weight is 706 g/mol. The Labute approximate surface area is 269 Å². The van der Waals surface area contributed by atoms with Gasteiger partial charge in [-0.1, -0.05) is 60.7 Å². The summed E-state index contributed by atoms with van der Waals surface area (Å²) in [7, 11) is 1.30. The summed E-state index contributed by atoms with van der Waals surface area (Å²) in [5, 5.41) is 17.6. The van der Waals surface area contributed by atoms with Crippen LogP contribution in [0.25, 0.3) is 20.9 Å². The highest BCUT2D eigenvalue weighted by atomic mass is 79.9. The Bertz CT molecular complexity index is 1610. The summed E-state index contributed by atoms with van der Waals surface area (Å²) in [6, 6.07) is 20.3. The minimum absolute atomic E-state index is 0.0000954. The maximum absolute atomic E-state index is 12.1. The second-order valence-electron chi connectivity index (χ2n) is 9.79. The van der Waals surface area contributed by atoms with E-state index >= 15 is 0 Å². The van der Waals surface area contributed by atoms with Gasteiger partial charge in [0.1, 0.15) is 11.4 Å². The van der Waals surface area contributed by atoms with Gasteiger partial charge in [0, 0.05) is 4.88 Å². The van der Waals surface area contributed by atoms with Crippen LogP contribution in [-0.2, 0) is 19.1 Å². The van der Waals surface area contributed by atoms with Crippen LogP contribution in [-0.4, -0.2) is 60.0 Å². The van der Waals surface area contributed by atoms with E-state index < -0.39 is 36.1 Å². The van der Waals surface area contributed by atoms with Gasteiger partial charge in [-0.15, -0.1) is 22.7 Å². The molecule has 0 amide bonds. The van der Waals surface area contributed by atoms with Gasteiger partial charge in [-0.3, -0.25) is 0 Å². The lowest BCUT2D eigenvalue weighted by molar-refractivity contribution is -0.157. The summed E-state index contributed by atoms with van der Waals surface area (Å²) in [5.74, 6) is -2.95. The maximum Gasteiger partial charge on any atom is 0.351 e. The molecule has 44 heavy (non-hydrogen) atoms. The van der Waals surface area contributed by atoms with E-state index in [0.717, 1.165) is 32.2 Å². The van der Waals surface area contributed by atoms with Crippen LogP contribution in [0.3, 0.4) is 0 Å². The lowest BCUT2D eigenvalue weighted by atomic mass is 10.2. The average Bonchev–Trinajstić information content (AvgIpc) is 3.56. The molecular weight excluding hydrogens is 676 g/mol. The second-order valence-corrected chi connectivity index (χ2v) is 12.7. The number of hydrogen-bond donors (Lipinski definition) is 2. The van der Waals surface area contributed by atoms with E-state index in [1.54, 1.807) is 26.8 Å². The third kappa shape index (κ3) is 9.66. The topological polar surface area (TPSA) is 146 Å². The summed E-state index contributed by atoms with van der Waals surface area (Å²) < 4.78 is 21.2. The van der Waals surface area contributed by atoms with Crippen LogP contribution in [0, 0.1) is 0 Å². The molecule has 0 bridgehead atoms. The third-order valence-corrected chi connectivity index (χ3v) is 8.64. The molecule has 0 unspecified atom stereocenters. The number of hydrogen-bond acceptors (Lipinski definition) is 10. The van der Waals surface area contributed by atoms with Crippen LogP contribution < -0.4 is 9.47 Å². The number of methoxy groups -OCH3 is 1. The number of rotatable bonds is 10. The fraction of sp³-hybridized carbons (Fsp3) is 0.226. The molecule has 4 rings (SSSR count). The van der Waals surface area contributed by atoms with Crippen LogP contribution in [0.15, 0.2) is 71.2 Å². The van der Waals surface area contributed by atoms with Crippen molar-refractivity contribution < 1.29 is 48.3 Å². The van der Waals surface area contributed by atoms with E-state index in [1.165, 1.54) is 18.4 Å². The first-order valence-electron chi connectivity index (χ1n) is 12.9. The second kappa shape index (κ2) is 15.5. The van der Waals surface area contributed by atoms with Crippen LogP contribution >= 0.6 is 38.6 Å². The van der Waals surface area contributed by atoms with Gasteiger partial charge in [0.05, 0.1) is 16.5 Å². The number of halogens is 1. The number of ether oxygens (including phenoxy) is 4. The molecule has 0 spiro atoms. The molecule has 10 nitrogen and oxygen atoms in total. The number of benzene rings is 2. The summed E-state index contributed by atoms with van der Waals surface area (Å²) in [6.45, 7) is 4.46. The van der Waals surface area contributed by atoms with Crippen molar-refractivity contribution in [3.8, 4) is 32.4 Å². The quantitative estimate of drug-likeness (QED) is 0.162. The minimum atomic E-state index is -1.15. The van der Waals surface area contributed by atoms with Crippen LogP contribution in [0.5, 0.6) is 11.5 Å². The van der Waals surface area contributed by atoms with Crippen molar-refractivity contribution in [2.45, 2.75) is 26.4 Å². The Balaban J connectivity index is 0.000000249. The van der Waals surface area contributed by atoms with Gasteiger partial charge in [0.15, 0.2) is 28.7 Å². The van der Waals surface area contributed by atoms with Gasteiger partial charge in [0.25, 0.3) is 0 Å². The molecule has 0 radical (unpaired) electrons. The summed E-state index contributed by atoms with van der Waals surface area (Å²) >= 11 is 5.77. The van der Waals surface area contributed by atoms with Crippen LogP contribution in [0.2, 0.25) is 0 Å². The molecule has 232 valence electrons. The van der Waals surface area contributed by atoms with Crippen molar-refractivity contribution in [2.75, 3.05) is 20.3 Å². The molecule has 0 saturated carbocycles. The number of carbonyl (C=O) groups excluding carboxylic acids is 2. The SMILES string of the molecule is COC(=O)c1sc(-c2ccccc2)c(Br)c1OCC(=O)OC(C)(C)C.O=C(O)COc1cc(-c2ccccc2)sc1C(=O)O. The number of carboxylic acids is 2. The normalized spacial score (nSPS) is 10.7. The highest BCUT2D eigenvalue weighted by molar-refractivity contribution is 9.10. The Kier molecular flexibility index (Phi) is 12.1. The van der Waals surface area contributed by atoms with Crippen molar-refractivity contribution in [1.29, 1.82) is 0 Å². The van der Waals surface area contributed by atoms with Gasteiger partial charge in [-0.25, -0.2) is 19.2 Å². The number of thiophene rings is 2. The van der Waals surface area contributed by atoms with E-state index in [9.17, 15) is 19.2 Å². The van der Waals surface area contributed by atoms with Crippen molar-refractivity contribution >= 4 is 62.5 Å². The van der Waals surface area contributed by atoms with Gasteiger partial charge in [-0.05, 0) is 53.9 Å². The first-order chi connectivity index (χ1) is 20.8. The van der Waals surface area contributed by atoms with Crippen LogP contribution in [0.4, 0.5) is 0 Å². The molecule has 0 saturated heterocycles. The van der Waals surface area contributed by atoms with E-state index in [1.807, 2.05) is 60.7 Å². The fourth-order valence-corrected chi connectivity index (χ4v) is 6.47. The summed E-state index contributed by atoms with van der Waals surface area (Å²) in [6.07, 6.45) is 0. The van der Waals surface area contributed by atoms with Gasteiger partial charge >= 0.3 is 23.9 Å². The number of aliphatic carboxylic acids is 1. The lowest BCUT2D eigenvalue weighted by Crippen LogP contribution is -2.27. The molecule has 2 heterocycles. The smallest absolute Gasteiger partial charge is 0.351 e. The van der Waals surface area contributed by atoms with Gasteiger partial charge < -0.3 is 29.2 Å². The van der Waals surface area contributed by atoms with E-state index in [4.69, 9.17) is 29.2 Å². The van der Waals surface area contributed by atoms with E-state index in [0.29, 0.717) is 4.47 Å². The number of aromatic carboxylic acids is 1. The molecule has 0 fully saturated rings. The molecule has 13 heteroatoms. The van der Waals surface area contributed by atoms with Gasteiger partial charge in [-0.2, -0.15) is 0 Å². The standard InChI is InChI=1S/C18H19BrO5S.C13H10O5S/c1-18(2,3)24-12(20)10-23-14-13(19)15(11-8-6-5-7-9-11)25-16(14)17(21)22-4;14-11(15)7-18-9-6-10(19-12(9)13(16)17)8-4-2-1-3-5-8/h5-9H,10H2,1-4H3;1-6H,7H2,(H,14,15)(H,16,17). The highest BCUT2D eigenvalue weighted by Crippen LogP contribution is 2.46. The summed E-state index contributed by atoms with van der Waals surface area (Å²) in [5.41, 5.74) is 1.18. The monoisotopic (exact) mass is 704 g/mol. The molecule has 2 N–H and O–H groups in total. The van der Waals surface area contributed by atoms with E-state index in [2.05, 4.69) is 15.9 Å². The van der Waals surface area contributed by atoms with E-state index in [-0.39, 0.29) is 27.9 Å². The Morgan fingerprint density at radius 3 is 1.93 bits per heavy atom. The zero-order valence-electron chi connectivity index (χ0n) is 24.1. The first kappa shape index (κ1) is 34.3. The zero-order chi connectivity index (χ0) is 32.4. The van der Waals surface area contributed by atoms with Crippen molar-refractivity contribution in [1.82, 2.24) is 0 Å². The molecule has 0 aliphatic carbocycles. The molecule has 0 atom stereocenters. The predicted molar refractivity (Wildman–Crippen MR) is 170 cm³/mol. The zero-order valence-corrected chi connectivity index (χ0v) is 27.3. The number of carbonyl (C=O) groups is 4. The molecule has 0 aliphatic rings. The molecular formula is C31H29BrO10S2. The molecule has 2 aromatic carbocycles. The van der Waals surface area contributed by atoms with Crippen LogP contribution in [0.1, 0.15) is 40.1 Å². The molecule has 2 aromatic heterocycles. The van der Waals surface area contributed by atoms with Crippen molar-refractivity contribution in [2.24, 2.45) is 0 Å².